The molecule has 0 radical (unpaired) electrons. The molecule has 1 heterocycles. The lowest BCUT2D eigenvalue weighted by atomic mass is 9.97. The lowest BCUT2D eigenvalue weighted by Crippen LogP contribution is -2.36. The highest BCUT2D eigenvalue weighted by molar-refractivity contribution is 7.13. The van der Waals surface area contributed by atoms with Gasteiger partial charge >= 0.3 is 0 Å². The van der Waals surface area contributed by atoms with Crippen LogP contribution in [0.1, 0.15) is 18.4 Å². The Morgan fingerprint density at radius 2 is 2.19 bits per heavy atom. The Balaban J connectivity index is 1.76. The maximum absolute atomic E-state index is 12.1. The van der Waals surface area contributed by atoms with E-state index in [1.165, 1.54) is 0 Å². The fraction of sp³-hybridized carbons (Fsp3) is 0.467. The fourth-order valence-electron chi connectivity index (χ4n) is 2.39. The number of hydrogen-bond donors (Lipinski definition) is 2. The van der Waals surface area contributed by atoms with Crippen molar-refractivity contribution in [2.45, 2.75) is 25.5 Å². The predicted octanol–water partition coefficient (Wildman–Crippen LogP) is 1.05. The molecule has 3 atom stereocenters. The summed E-state index contributed by atoms with van der Waals surface area (Å²) in [5.74, 6) is -0.0694. The first-order chi connectivity index (χ1) is 10.2. The molecule has 1 aromatic rings. The van der Waals surface area contributed by atoms with Gasteiger partial charge in [-0.15, -0.1) is 0 Å². The van der Waals surface area contributed by atoms with Gasteiger partial charge < -0.3 is 10.1 Å². The van der Waals surface area contributed by atoms with Crippen LogP contribution in [-0.2, 0) is 20.9 Å². The highest BCUT2D eigenvalue weighted by Crippen LogP contribution is 2.17. The molecule has 1 amide bonds. The predicted molar refractivity (Wildman–Crippen MR) is 83.5 cm³/mol. The Kier molecular flexibility index (Phi) is 6.30. The van der Waals surface area contributed by atoms with Crippen molar-refractivity contribution in [2.24, 2.45) is 5.92 Å². The third-order valence-corrected chi connectivity index (χ3v) is 4.03. The number of nitrogens with one attached hydrogen (secondary N) is 2. The van der Waals surface area contributed by atoms with E-state index in [0.29, 0.717) is 19.6 Å². The second-order valence-electron chi connectivity index (χ2n) is 5.18. The molecule has 0 spiro atoms. The van der Waals surface area contributed by atoms with Crippen molar-refractivity contribution in [2.75, 3.05) is 13.2 Å². The van der Waals surface area contributed by atoms with Crippen molar-refractivity contribution in [3.05, 3.63) is 35.9 Å². The van der Waals surface area contributed by atoms with Crippen LogP contribution in [0.3, 0.4) is 0 Å². The molecule has 0 aliphatic carbocycles. The van der Waals surface area contributed by atoms with Gasteiger partial charge in [-0.05, 0) is 18.4 Å². The van der Waals surface area contributed by atoms with E-state index >= 15 is 0 Å². The summed E-state index contributed by atoms with van der Waals surface area (Å²) in [4.78, 5) is 23.7. The maximum atomic E-state index is 12.1. The zero-order chi connectivity index (χ0) is 15.1. The highest BCUT2D eigenvalue weighted by Gasteiger charge is 2.29. The van der Waals surface area contributed by atoms with Crippen LogP contribution in [0.25, 0.3) is 0 Å². The number of rotatable bonds is 8. The summed E-state index contributed by atoms with van der Waals surface area (Å²) in [6.45, 7) is 1.17. The van der Waals surface area contributed by atoms with E-state index in [1.54, 1.807) is 0 Å². The van der Waals surface area contributed by atoms with Gasteiger partial charge in [0.05, 0.1) is 12.6 Å². The number of benzene rings is 1. The first-order valence-corrected chi connectivity index (χ1v) is 7.66. The molecular formula is C15H21N2O3P. The van der Waals surface area contributed by atoms with Gasteiger partial charge in [-0.25, -0.2) is 0 Å². The SMILES string of the molecule is O=C1NCCC1C[C@H](NP)C(=O)COCc1ccccc1. The van der Waals surface area contributed by atoms with E-state index in [4.69, 9.17) is 4.74 Å². The number of Topliss-reactive ketones (excluding diaryl/α,β-unsaturated/α-hetero) is 1. The molecule has 2 unspecified atom stereocenters. The molecule has 1 fully saturated rings. The molecule has 0 aromatic heterocycles. The number of ketones is 1. The summed E-state index contributed by atoms with van der Waals surface area (Å²) in [6, 6.07) is 9.37. The first kappa shape index (κ1) is 16.1. The van der Waals surface area contributed by atoms with Crippen LogP contribution in [0, 0.1) is 5.92 Å². The third-order valence-electron chi connectivity index (χ3n) is 3.63. The van der Waals surface area contributed by atoms with Crippen molar-refractivity contribution in [3.63, 3.8) is 0 Å². The summed E-state index contributed by atoms with van der Waals surface area (Å²) in [5, 5.41) is 5.69. The molecule has 2 rings (SSSR count). The molecule has 1 aliphatic rings. The molecule has 5 nitrogen and oxygen atoms in total. The smallest absolute Gasteiger partial charge is 0.223 e. The Labute approximate surface area is 127 Å². The summed E-state index contributed by atoms with van der Waals surface area (Å²) < 4.78 is 5.46. The van der Waals surface area contributed by atoms with E-state index in [9.17, 15) is 9.59 Å². The lowest BCUT2D eigenvalue weighted by molar-refractivity contribution is -0.127. The molecule has 0 bridgehead atoms. The lowest BCUT2D eigenvalue weighted by Gasteiger charge is -2.17. The normalized spacial score (nSPS) is 19.3. The minimum Gasteiger partial charge on any atom is -0.369 e. The molecule has 21 heavy (non-hydrogen) atoms. The number of carbonyl (C=O) groups excluding carboxylic acids is 2. The summed E-state index contributed by atoms with van der Waals surface area (Å²) in [5.41, 5.74) is 1.04. The van der Waals surface area contributed by atoms with E-state index in [0.717, 1.165) is 12.0 Å². The second kappa shape index (κ2) is 8.23. The zero-order valence-electron chi connectivity index (χ0n) is 11.9. The number of hydrogen-bond acceptors (Lipinski definition) is 4. The van der Waals surface area contributed by atoms with Crippen molar-refractivity contribution in [3.8, 4) is 0 Å². The van der Waals surface area contributed by atoms with Gasteiger partial charge in [0.2, 0.25) is 5.91 Å². The van der Waals surface area contributed by atoms with Crippen LogP contribution in [0.5, 0.6) is 0 Å². The van der Waals surface area contributed by atoms with Crippen LogP contribution in [0.2, 0.25) is 0 Å². The number of ether oxygens (including phenoxy) is 1. The van der Waals surface area contributed by atoms with Gasteiger partial charge in [-0.2, -0.15) is 0 Å². The second-order valence-corrected chi connectivity index (χ2v) is 5.51. The number of amides is 1. The summed E-state index contributed by atoms with van der Waals surface area (Å²) in [6.07, 6.45) is 1.31. The van der Waals surface area contributed by atoms with E-state index in [1.807, 2.05) is 30.3 Å². The van der Waals surface area contributed by atoms with Gasteiger partial charge in [-0.1, -0.05) is 39.7 Å². The van der Waals surface area contributed by atoms with E-state index in [-0.39, 0.29) is 30.3 Å². The van der Waals surface area contributed by atoms with Gasteiger partial charge in [0.15, 0.2) is 5.78 Å². The molecule has 6 heteroatoms. The van der Waals surface area contributed by atoms with E-state index in [2.05, 4.69) is 19.8 Å². The minimum absolute atomic E-state index is 0.0272. The third kappa shape index (κ3) is 4.88. The van der Waals surface area contributed by atoms with Crippen molar-refractivity contribution >= 4 is 21.1 Å². The molecule has 2 N–H and O–H groups in total. The van der Waals surface area contributed by atoms with Crippen molar-refractivity contribution in [1.82, 2.24) is 10.4 Å². The highest BCUT2D eigenvalue weighted by atomic mass is 31.0. The Morgan fingerprint density at radius 1 is 1.43 bits per heavy atom. The summed E-state index contributed by atoms with van der Waals surface area (Å²) in [7, 11) is 2.36. The Hall–Kier alpha value is -1.29. The molecule has 1 saturated heterocycles. The summed E-state index contributed by atoms with van der Waals surface area (Å²) >= 11 is 0. The minimum atomic E-state index is -0.361. The standard InChI is InChI=1S/C15H21N2O3P/c18-14(10-20-9-11-4-2-1-3-5-11)13(17-21)8-12-6-7-16-15(12)19/h1-5,12-13,17H,6-10,21H2,(H,16,19)/t12?,13-/m0/s1. The topological polar surface area (TPSA) is 67.4 Å². The average Bonchev–Trinajstić information content (AvgIpc) is 2.91. The van der Waals surface area contributed by atoms with Gasteiger partial charge in [0.1, 0.15) is 6.61 Å². The van der Waals surface area contributed by atoms with Gasteiger partial charge in [0.25, 0.3) is 0 Å². The van der Waals surface area contributed by atoms with Crippen molar-refractivity contribution < 1.29 is 14.3 Å². The van der Waals surface area contributed by atoms with Crippen LogP contribution in [0.15, 0.2) is 30.3 Å². The van der Waals surface area contributed by atoms with Crippen LogP contribution >= 0.6 is 9.39 Å². The molecule has 1 aliphatic heterocycles. The fourth-order valence-corrected chi connectivity index (χ4v) is 2.71. The maximum Gasteiger partial charge on any atom is 0.223 e. The molecular weight excluding hydrogens is 287 g/mol. The average molecular weight is 308 g/mol. The Bertz CT molecular complexity index is 481. The Morgan fingerprint density at radius 3 is 2.81 bits per heavy atom. The van der Waals surface area contributed by atoms with Crippen LogP contribution in [-0.4, -0.2) is 30.9 Å². The quantitative estimate of drug-likeness (QED) is 0.704. The largest absolute Gasteiger partial charge is 0.369 e. The van der Waals surface area contributed by atoms with Gasteiger partial charge in [0, 0.05) is 12.5 Å². The van der Waals surface area contributed by atoms with E-state index < -0.39 is 0 Å². The monoisotopic (exact) mass is 308 g/mol. The molecule has 1 aromatic carbocycles. The van der Waals surface area contributed by atoms with Crippen LogP contribution in [0.4, 0.5) is 0 Å². The molecule has 114 valence electrons. The van der Waals surface area contributed by atoms with Crippen molar-refractivity contribution in [1.29, 1.82) is 0 Å². The number of carbonyl (C=O) groups is 2. The van der Waals surface area contributed by atoms with Gasteiger partial charge in [-0.3, -0.25) is 14.7 Å². The zero-order valence-corrected chi connectivity index (χ0v) is 13.0. The van der Waals surface area contributed by atoms with Crippen LogP contribution < -0.4 is 10.4 Å². The first-order valence-electron chi connectivity index (χ1n) is 7.09. The molecule has 0 saturated carbocycles.